The highest BCUT2D eigenvalue weighted by atomic mass is 32.1. The van der Waals surface area contributed by atoms with Gasteiger partial charge in [0.15, 0.2) is 0 Å². The minimum absolute atomic E-state index is 0.808. The van der Waals surface area contributed by atoms with Gasteiger partial charge in [-0.05, 0) is 56.9 Å². The van der Waals surface area contributed by atoms with Gasteiger partial charge in [0.2, 0.25) is 0 Å². The van der Waals surface area contributed by atoms with E-state index in [1.54, 1.807) is 0 Å². The molecule has 0 spiro atoms. The van der Waals surface area contributed by atoms with Gasteiger partial charge in [0.25, 0.3) is 0 Å². The molecule has 0 saturated carbocycles. The average Bonchev–Trinajstić information content (AvgIpc) is 2.76. The van der Waals surface area contributed by atoms with Gasteiger partial charge in [0.05, 0.1) is 0 Å². The molecule has 0 bridgehead atoms. The number of aryl methyl sites for hydroxylation is 2. The van der Waals surface area contributed by atoms with Gasteiger partial charge in [-0.2, -0.15) is 0 Å². The molecular formula is C13H22N2S. The van der Waals surface area contributed by atoms with Crippen molar-refractivity contribution in [1.82, 2.24) is 10.6 Å². The fourth-order valence-corrected chi connectivity index (χ4v) is 3.28. The van der Waals surface area contributed by atoms with Crippen LogP contribution in [-0.4, -0.2) is 19.6 Å². The SMILES string of the molecule is Cc1cc(CNC[C@@H]2CNC[C@H]2C)sc1C. The van der Waals surface area contributed by atoms with Crippen molar-refractivity contribution >= 4 is 11.3 Å². The largest absolute Gasteiger partial charge is 0.316 e. The van der Waals surface area contributed by atoms with Gasteiger partial charge in [0.1, 0.15) is 0 Å². The van der Waals surface area contributed by atoms with Crippen molar-refractivity contribution in [3.8, 4) is 0 Å². The molecule has 2 atom stereocenters. The summed E-state index contributed by atoms with van der Waals surface area (Å²) < 4.78 is 0. The number of rotatable bonds is 4. The Kier molecular flexibility index (Phi) is 4.00. The fourth-order valence-electron chi connectivity index (χ4n) is 2.26. The van der Waals surface area contributed by atoms with Crippen LogP contribution in [0.2, 0.25) is 0 Å². The molecule has 1 saturated heterocycles. The van der Waals surface area contributed by atoms with Gasteiger partial charge < -0.3 is 10.6 Å². The highest BCUT2D eigenvalue weighted by molar-refractivity contribution is 7.12. The lowest BCUT2D eigenvalue weighted by Crippen LogP contribution is -2.26. The van der Waals surface area contributed by atoms with E-state index in [1.165, 1.54) is 28.4 Å². The average molecular weight is 238 g/mol. The second kappa shape index (κ2) is 5.30. The molecule has 1 aliphatic heterocycles. The van der Waals surface area contributed by atoms with Crippen LogP contribution in [0.3, 0.4) is 0 Å². The topological polar surface area (TPSA) is 24.1 Å². The second-order valence-electron chi connectivity index (χ2n) is 4.98. The monoisotopic (exact) mass is 238 g/mol. The third kappa shape index (κ3) is 2.84. The minimum Gasteiger partial charge on any atom is -0.316 e. The number of nitrogens with one attached hydrogen (secondary N) is 2. The molecule has 2 nitrogen and oxygen atoms in total. The molecule has 2 N–H and O–H groups in total. The summed E-state index contributed by atoms with van der Waals surface area (Å²) in [4.78, 5) is 2.92. The van der Waals surface area contributed by atoms with Crippen LogP contribution in [0, 0.1) is 25.7 Å². The van der Waals surface area contributed by atoms with E-state index in [-0.39, 0.29) is 0 Å². The van der Waals surface area contributed by atoms with E-state index in [1.807, 2.05) is 11.3 Å². The van der Waals surface area contributed by atoms with Gasteiger partial charge >= 0.3 is 0 Å². The summed E-state index contributed by atoms with van der Waals surface area (Å²) in [5.41, 5.74) is 1.43. The van der Waals surface area contributed by atoms with Gasteiger partial charge in [-0.15, -0.1) is 11.3 Å². The van der Waals surface area contributed by atoms with Crippen molar-refractivity contribution in [2.45, 2.75) is 27.3 Å². The maximum atomic E-state index is 3.58. The number of hydrogen-bond acceptors (Lipinski definition) is 3. The van der Waals surface area contributed by atoms with E-state index in [9.17, 15) is 0 Å². The van der Waals surface area contributed by atoms with Gasteiger partial charge in [0, 0.05) is 16.3 Å². The summed E-state index contributed by atoms with van der Waals surface area (Å²) in [6, 6.07) is 2.31. The first-order valence-electron chi connectivity index (χ1n) is 6.14. The van der Waals surface area contributed by atoms with Crippen molar-refractivity contribution in [3.05, 3.63) is 21.4 Å². The molecule has 2 heterocycles. The molecule has 0 aliphatic carbocycles. The molecule has 3 heteroatoms. The molecule has 0 unspecified atom stereocenters. The van der Waals surface area contributed by atoms with Crippen molar-refractivity contribution in [3.63, 3.8) is 0 Å². The van der Waals surface area contributed by atoms with Crippen LogP contribution in [0.4, 0.5) is 0 Å². The molecule has 2 rings (SSSR count). The molecule has 0 aromatic carbocycles. The lowest BCUT2D eigenvalue weighted by molar-refractivity contribution is 0.421. The Labute approximate surface area is 102 Å². The summed E-state index contributed by atoms with van der Waals surface area (Å²) in [6.45, 7) is 11.3. The first-order chi connectivity index (χ1) is 7.66. The van der Waals surface area contributed by atoms with Crippen molar-refractivity contribution in [2.75, 3.05) is 19.6 Å². The van der Waals surface area contributed by atoms with Crippen molar-refractivity contribution in [1.29, 1.82) is 0 Å². The Morgan fingerprint density at radius 1 is 1.44 bits per heavy atom. The predicted octanol–water partition coefficient (Wildman–Crippen LogP) is 2.31. The van der Waals surface area contributed by atoms with Crippen LogP contribution in [0.15, 0.2) is 6.07 Å². The summed E-state index contributed by atoms with van der Waals surface area (Å²) in [5.74, 6) is 1.63. The van der Waals surface area contributed by atoms with Crippen LogP contribution in [0.25, 0.3) is 0 Å². The van der Waals surface area contributed by atoms with Gasteiger partial charge in [-0.1, -0.05) is 6.92 Å². The standard InChI is InChI=1S/C13H22N2S/c1-9-4-13(16-11(9)3)8-15-7-12-6-14-5-10(12)2/h4,10,12,14-15H,5-8H2,1-3H3/t10-,12+/m1/s1. The Morgan fingerprint density at radius 2 is 2.25 bits per heavy atom. The molecule has 1 fully saturated rings. The van der Waals surface area contributed by atoms with E-state index < -0.39 is 0 Å². The quantitative estimate of drug-likeness (QED) is 0.841. The summed E-state index contributed by atoms with van der Waals surface area (Å²) in [5, 5.41) is 7.03. The van der Waals surface area contributed by atoms with Crippen LogP contribution < -0.4 is 10.6 Å². The summed E-state index contributed by atoms with van der Waals surface area (Å²) >= 11 is 1.92. The highest BCUT2D eigenvalue weighted by Gasteiger charge is 2.22. The van der Waals surface area contributed by atoms with Crippen molar-refractivity contribution < 1.29 is 0 Å². The van der Waals surface area contributed by atoms with Crippen LogP contribution in [0.1, 0.15) is 22.2 Å². The third-order valence-corrected chi connectivity index (χ3v) is 4.75. The molecule has 1 aliphatic rings. The normalized spacial score (nSPS) is 25.2. The van der Waals surface area contributed by atoms with Crippen LogP contribution in [0.5, 0.6) is 0 Å². The molecule has 90 valence electrons. The zero-order chi connectivity index (χ0) is 11.5. The maximum absolute atomic E-state index is 3.58. The van der Waals surface area contributed by atoms with Crippen LogP contribution >= 0.6 is 11.3 Å². The van der Waals surface area contributed by atoms with E-state index in [4.69, 9.17) is 0 Å². The molecule has 0 amide bonds. The lowest BCUT2D eigenvalue weighted by Gasteiger charge is -2.14. The Morgan fingerprint density at radius 3 is 2.81 bits per heavy atom. The van der Waals surface area contributed by atoms with Crippen molar-refractivity contribution in [2.24, 2.45) is 11.8 Å². The second-order valence-corrected chi connectivity index (χ2v) is 6.32. The minimum atomic E-state index is 0.808. The Hall–Kier alpha value is -0.380. The van der Waals surface area contributed by atoms with E-state index >= 15 is 0 Å². The predicted molar refractivity (Wildman–Crippen MR) is 71.0 cm³/mol. The van der Waals surface area contributed by atoms with E-state index in [2.05, 4.69) is 37.5 Å². The van der Waals surface area contributed by atoms with Gasteiger partial charge in [-0.3, -0.25) is 0 Å². The lowest BCUT2D eigenvalue weighted by atomic mass is 9.98. The number of hydrogen-bond donors (Lipinski definition) is 2. The molecule has 16 heavy (non-hydrogen) atoms. The maximum Gasteiger partial charge on any atom is 0.0300 e. The fraction of sp³-hybridized carbons (Fsp3) is 0.692. The molecular weight excluding hydrogens is 216 g/mol. The van der Waals surface area contributed by atoms with E-state index in [0.717, 1.165) is 24.9 Å². The van der Waals surface area contributed by atoms with Crippen LogP contribution in [-0.2, 0) is 6.54 Å². The summed E-state index contributed by atoms with van der Waals surface area (Å²) in [6.07, 6.45) is 0. The first kappa shape index (κ1) is 12.1. The molecule has 1 aromatic rings. The first-order valence-corrected chi connectivity index (χ1v) is 6.96. The highest BCUT2D eigenvalue weighted by Crippen LogP contribution is 2.20. The van der Waals surface area contributed by atoms with E-state index in [0.29, 0.717) is 0 Å². The zero-order valence-electron chi connectivity index (χ0n) is 10.5. The Balaban J connectivity index is 1.75. The Bertz CT molecular complexity index is 326. The van der Waals surface area contributed by atoms with Gasteiger partial charge in [-0.25, -0.2) is 0 Å². The smallest absolute Gasteiger partial charge is 0.0300 e. The molecule has 0 radical (unpaired) electrons. The number of thiophene rings is 1. The third-order valence-electron chi connectivity index (χ3n) is 3.60. The molecule has 1 aromatic heterocycles. The zero-order valence-corrected chi connectivity index (χ0v) is 11.3. The summed E-state index contributed by atoms with van der Waals surface area (Å²) in [7, 11) is 0.